The number of phenolic OH excluding ortho intramolecular Hbond substituents is 1. The summed E-state index contributed by atoms with van der Waals surface area (Å²) in [4.78, 5) is 4.66. The predicted octanol–water partition coefficient (Wildman–Crippen LogP) is 1.74. The zero-order valence-corrected chi connectivity index (χ0v) is 15.8. The van der Waals surface area contributed by atoms with Crippen molar-refractivity contribution in [2.75, 3.05) is 37.6 Å². The second-order valence-corrected chi connectivity index (χ2v) is 7.10. The Morgan fingerprint density at radius 3 is 2.61 bits per heavy atom. The molecule has 0 radical (unpaired) electrons. The fourth-order valence-electron chi connectivity index (χ4n) is 3.66. The number of aromatic amines is 1. The number of β-amino-alcohol motifs (C(OH)–C–C–N with tert-alkyl or cyclic N) is 1. The van der Waals surface area contributed by atoms with E-state index in [0.717, 1.165) is 31.7 Å². The summed E-state index contributed by atoms with van der Waals surface area (Å²) in [7, 11) is 0. The van der Waals surface area contributed by atoms with Gasteiger partial charge in [0.25, 0.3) is 0 Å². The van der Waals surface area contributed by atoms with Crippen molar-refractivity contribution in [3.63, 3.8) is 0 Å². The average molecular weight is 380 g/mol. The molecule has 0 spiro atoms. The third-order valence-corrected chi connectivity index (χ3v) is 5.25. The van der Waals surface area contributed by atoms with Gasteiger partial charge in [-0.15, -0.1) is 10.2 Å². The van der Waals surface area contributed by atoms with Gasteiger partial charge in [0.1, 0.15) is 5.75 Å². The Morgan fingerprint density at radius 1 is 1.11 bits per heavy atom. The molecule has 1 aromatic heterocycles. The molecular weight excluding hydrogens is 356 g/mol. The summed E-state index contributed by atoms with van der Waals surface area (Å²) in [6.07, 6.45) is -0.656. The van der Waals surface area contributed by atoms with Crippen molar-refractivity contribution in [1.29, 1.82) is 0 Å². The maximum atomic E-state index is 10.7. The molecule has 1 unspecified atom stereocenters. The van der Waals surface area contributed by atoms with Crippen molar-refractivity contribution >= 4 is 5.69 Å². The number of aromatic nitrogens is 4. The van der Waals surface area contributed by atoms with Crippen molar-refractivity contribution in [2.24, 2.45) is 0 Å². The number of aliphatic hydroxyl groups is 1. The minimum Gasteiger partial charge on any atom is -0.507 e. The molecule has 1 atom stereocenters. The summed E-state index contributed by atoms with van der Waals surface area (Å²) < 4.78 is 0. The molecule has 146 valence electrons. The van der Waals surface area contributed by atoms with E-state index >= 15 is 0 Å². The highest BCUT2D eigenvalue weighted by Gasteiger charge is 2.22. The summed E-state index contributed by atoms with van der Waals surface area (Å²) >= 11 is 0. The number of piperazine rings is 1. The molecular formula is C20H24N6O2. The molecule has 1 fully saturated rings. The Balaban J connectivity index is 1.39. The summed E-state index contributed by atoms with van der Waals surface area (Å²) in [6.45, 7) is 6.32. The van der Waals surface area contributed by atoms with Crippen LogP contribution < -0.4 is 4.90 Å². The monoisotopic (exact) mass is 380 g/mol. The molecule has 2 heterocycles. The van der Waals surface area contributed by atoms with Crippen molar-refractivity contribution in [3.05, 3.63) is 53.6 Å². The van der Waals surface area contributed by atoms with E-state index in [-0.39, 0.29) is 5.75 Å². The maximum Gasteiger partial charge on any atom is 0.208 e. The second-order valence-electron chi connectivity index (χ2n) is 7.10. The zero-order valence-electron chi connectivity index (χ0n) is 15.8. The lowest BCUT2D eigenvalue weighted by Gasteiger charge is -2.37. The molecule has 0 saturated carbocycles. The van der Waals surface area contributed by atoms with Crippen LogP contribution in [0.5, 0.6) is 5.75 Å². The molecule has 0 amide bonds. The van der Waals surface area contributed by atoms with E-state index in [0.29, 0.717) is 17.9 Å². The molecule has 4 rings (SSSR count). The largest absolute Gasteiger partial charge is 0.507 e. The number of benzene rings is 2. The van der Waals surface area contributed by atoms with Crippen molar-refractivity contribution in [1.82, 2.24) is 25.5 Å². The highest BCUT2D eigenvalue weighted by molar-refractivity contribution is 5.64. The number of hydrogen-bond donors (Lipinski definition) is 3. The van der Waals surface area contributed by atoms with E-state index in [1.807, 2.05) is 0 Å². The number of para-hydroxylation sites is 1. The molecule has 3 aromatic rings. The summed E-state index contributed by atoms with van der Waals surface area (Å²) in [5.74, 6) is 0.364. The van der Waals surface area contributed by atoms with Gasteiger partial charge in [0.15, 0.2) is 0 Å². The van der Waals surface area contributed by atoms with Crippen molar-refractivity contribution in [2.45, 2.75) is 13.0 Å². The minimum absolute atomic E-state index is 0.0594. The van der Waals surface area contributed by atoms with Gasteiger partial charge >= 0.3 is 0 Å². The Kier molecular flexibility index (Phi) is 5.23. The lowest BCUT2D eigenvalue weighted by Crippen LogP contribution is -2.47. The van der Waals surface area contributed by atoms with Crippen LogP contribution >= 0.6 is 0 Å². The normalized spacial score (nSPS) is 16.3. The van der Waals surface area contributed by atoms with Gasteiger partial charge in [-0.05, 0) is 41.5 Å². The number of H-pyrrole nitrogens is 1. The molecule has 1 saturated heterocycles. The number of aryl methyl sites for hydroxylation is 1. The third kappa shape index (κ3) is 3.83. The van der Waals surface area contributed by atoms with Gasteiger partial charge in [-0.3, -0.25) is 4.90 Å². The van der Waals surface area contributed by atoms with Gasteiger partial charge in [-0.1, -0.05) is 24.3 Å². The topological polar surface area (TPSA) is 101 Å². The first-order valence-electron chi connectivity index (χ1n) is 9.39. The van der Waals surface area contributed by atoms with Crippen molar-refractivity contribution < 1.29 is 10.2 Å². The molecule has 0 bridgehead atoms. The van der Waals surface area contributed by atoms with Crippen LogP contribution in [0.3, 0.4) is 0 Å². The number of nitrogens with zero attached hydrogens (tertiary/aromatic N) is 5. The summed E-state index contributed by atoms with van der Waals surface area (Å²) in [6, 6.07) is 13.4. The first-order chi connectivity index (χ1) is 13.6. The summed E-state index contributed by atoms with van der Waals surface area (Å²) in [5.41, 5.74) is 3.74. The standard InChI is InChI=1S/C20H24N6O2/c1-14-4-2-3-5-17(14)26-10-8-25(9-11-26)13-19(28)15-6-7-18(27)16(12-15)20-21-23-24-22-20/h2-7,12,19,27-28H,8-11,13H2,1H3,(H,21,22,23,24). The van der Waals surface area contributed by atoms with E-state index in [2.05, 4.69) is 61.6 Å². The maximum absolute atomic E-state index is 10.7. The smallest absolute Gasteiger partial charge is 0.208 e. The zero-order chi connectivity index (χ0) is 19.5. The third-order valence-electron chi connectivity index (χ3n) is 5.25. The first-order valence-corrected chi connectivity index (χ1v) is 9.39. The first kappa shape index (κ1) is 18.4. The fourth-order valence-corrected chi connectivity index (χ4v) is 3.66. The average Bonchev–Trinajstić information content (AvgIpc) is 3.24. The Hall–Kier alpha value is -2.97. The number of aromatic hydroxyl groups is 1. The molecule has 0 aliphatic carbocycles. The molecule has 3 N–H and O–H groups in total. The number of rotatable bonds is 5. The van der Waals surface area contributed by atoms with Gasteiger partial charge in [-0.25, -0.2) is 0 Å². The van der Waals surface area contributed by atoms with E-state index in [9.17, 15) is 10.2 Å². The van der Waals surface area contributed by atoms with Crippen LogP contribution in [0.4, 0.5) is 5.69 Å². The van der Waals surface area contributed by atoms with Crippen LogP contribution in [0.1, 0.15) is 17.2 Å². The number of anilines is 1. The quantitative estimate of drug-likeness (QED) is 0.620. The Bertz CT molecular complexity index is 922. The van der Waals surface area contributed by atoms with Gasteiger partial charge in [0, 0.05) is 38.4 Å². The molecule has 8 heteroatoms. The highest BCUT2D eigenvalue weighted by atomic mass is 16.3. The van der Waals surface area contributed by atoms with Crippen LogP contribution in [-0.4, -0.2) is 68.5 Å². The SMILES string of the molecule is Cc1ccccc1N1CCN(CC(O)c2ccc(O)c(-c3nn[nH]n3)c2)CC1. The van der Waals surface area contributed by atoms with Gasteiger partial charge in [0.05, 0.1) is 11.7 Å². The number of nitrogens with one attached hydrogen (secondary N) is 1. The number of hydrogen-bond acceptors (Lipinski definition) is 7. The minimum atomic E-state index is -0.656. The number of tetrazole rings is 1. The van der Waals surface area contributed by atoms with E-state index in [4.69, 9.17) is 0 Å². The van der Waals surface area contributed by atoms with Crippen LogP contribution in [-0.2, 0) is 0 Å². The Morgan fingerprint density at radius 2 is 1.89 bits per heavy atom. The van der Waals surface area contributed by atoms with Crippen LogP contribution in [0.25, 0.3) is 11.4 Å². The lowest BCUT2D eigenvalue weighted by atomic mass is 10.0. The van der Waals surface area contributed by atoms with Gasteiger partial charge in [0.2, 0.25) is 5.82 Å². The fraction of sp³-hybridized carbons (Fsp3) is 0.350. The molecule has 1 aliphatic rings. The lowest BCUT2D eigenvalue weighted by molar-refractivity contribution is 0.109. The predicted molar refractivity (Wildman–Crippen MR) is 106 cm³/mol. The van der Waals surface area contributed by atoms with E-state index < -0.39 is 6.10 Å². The van der Waals surface area contributed by atoms with E-state index in [1.165, 1.54) is 11.3 Å². The molecule has 8 nitrogen and oxygen atoms in total. The summed E-state index contributed by atoms with van der Waals surface area (Å²) in [5, 5.41) is 34.5. The second kappa shape index (κ2) is 7.95. The molecule has 28 heavy (non-hydrogen) atoms. The Labute approximate surface area is 163 Å². The molecule has 1 aliphatic heterocycles. The highest BCUT2D eigenvalue weighted by Crippen LogP contribution is 2.29. The molecule has 2 aromatic carbocycles. The van der Waals surface area contributed by atoms with Crippen molar-refractivity contribution in [3.8, 4) is 17.1 Å². The van der Waals surface area contributed by atoms with Crippen LogP contribution in [0, 0.1) is 6.92 Å². The van der Waals surface area contributed by atoms with Crippen LogP contribution in [0.2, 0.25) is 0 Å². The van der Waals surface area contributed by atoms with Gasteiger partial charge < -0.3 is 15.1 Å². The van der Waals surface area contributed by atoms with Crippen LogP contribution in [0.15, 0.2) is 42.5 Å². The van der Waals surface area contributed by atoms with E-state index in [1.54, 1.807) is 18.2 Å². The number of aliphatic hydroxyl groups excluding tert-OH is 1. The number of phenols is 1. The van der Waals surface area contributed by atoms with Gasteiger partial charge in [-0.2, -0.15) is 5.21 Å².